The number of nitrogens with one attached hydrogen (secondary N) is 1. The van der Waals surface area contributed by atoms with Crippen molar-refractivity contribution >= 4 is 0 Å². The second kappa shape index (κ2) is 7.97. The van der Waals surface area contributed by atoms with Gasteiger partial charge < -0.3 is 25.0 Å². The molecule has 0 aromatic carbocycles. The van der Waals surface area contributed by atoms with Gasteiger partial charge in [0.25, 0.3) is 0 Å². The Morgan fingerprint density at radius 3 is 2.44 bits per heavy atom. The summed E-state index contributed by atoms with van der Waals surface area (Å²) in [6.45, 7) is 6.83. The van der Waals surface area contributed by atoms with Crippen LogP contribution in [0.25, 0.3) is 0 Å². The highest BCUT2D eigenvalue weighted by Gasteiger charge is 2.17. The van der Waals surface area contributed by atoms with Gasteiger partial charge in [0.1, 0.15) is 0 Å². The van der Waals surface area contributed by atoms with Crippen LogP contribution in [0.2, 0.25) is 0 Å². The van der Waals surface area contributed by atoms with Crippen molar-refractivity contribution in [2.45, 2.75) is 38.5 Å². The van der Waals surface area contributed by atoms with E-state index in [9.17, 15) is 5.11 Å². The molecular formula is C11H25NO4. The first-order valence-corrected chi connectivity index (χ1v) is 5.55. The molecule has 0 rings (SSSR count). The molecule has 0 aromatic heterocycles. The minimum absolute atomic E-state index is 0.0227. The van der Waals surface area contributed by atoms with Crippen LogP contribution in [0.5, 0.6) is 0 Å². The van der Waals surface area contributed by atoms with E-state index in [4.69, 9.17) is 14.6 Å². The SMILES string of the molecule is COCC(C)OCC(O)CNC(C)(C)CO. The number of aliphatic hydroxyl groups excluding tert-OH is 2. The summed E-state index contributed by atoms with van der Waals surface area (Å²) in [5.41, 5.74) is -0.376. The summed E-state index contributed by atoms with van der Waals surface area (Å²) in [6, 6.07) is 0. The molecule has 0 aliphatic heterocycles. The molecule has 98 valence electrons. The highest BCUT2D eigenvalue weighted by atomic mass is 16.5. The van der Waals surface area contributed by atoms with Crippen molar-refractivity contribution in [2.75, 3.05) is 33.5 Å². The van der Waals surface area contributed by atoms with E-state index in [0.717, 1.165) is 0 Å². The molecule has 5 nitrogen and oxygen atoms in total. The summed E-state index contributed by atoms with van der Waals surface area (Å²) in [5.74, 6) is 0. The molecule has 5 heteroatoms. The minimum atomic E-state index is -0.579. The van der Waals surface area contributed by atoms with Gasteiger partial charge in [0.05, 0.1) is 32.0 Å². The van der Waals surface area contributed by atoms with Gasteiger partial charge in [-0.25, -0.2) is 0 Å². The smallest absolute Gasteiger partial charge is 0.0898 e. The number of methoxy groups -OCH3 is 1. The summed E-state index contributed by atoms with van der Waals surface area (Å²) in [6.07, 6.45) is -0.601. The van der Waals surface area contributed by atoms with E-state index in [-0.39, 0.29) is 24.9 Å². The standard InChI is InChI=1S/C11H25NO4/c1-9(6-15-4)16-7-10(14)5-12-11(2,3)8-13/h9-10,12-14H,5-8H2,1-4H3. The maximum atomic E-state index is 9.62. The summed E-state index contributed by atoms with van der Waals surface area (Å²) in [4.78, 5) is 0. The van der Waals surface area contributed by atoms with Crippen molar-refractivity contribution in [2.24, 2.45) is 0 Å². The Morgan fingerprint density at radius 2 is 1.94 bits per heavy atom. The molecule has 0 saturated carbocycles. The second-order valence-electron chi connectivity index (χ2n) is 4.68. The van der Waals surface area contributed by atoms with Crippen molar-refractivity contribution in [3.63, 3.8) is 0 Å². The third kappa shape index (κ3) is 8.01. The number of ether oxygens (including phenoxy) is 2. The van der Waals surface area contributed by atoms with Crippen molar-refractivity contribution < 1.29 is 19.7 Å². The third-order valence-corrected chi connectivity index (χ3v) is 2.19. The van der Waals surface area contributed by atoms with Crippen LogP contribution >= 0.6 is 0 Å². The molecule has 0 aromatic rings. The van der Waals surface area contributed by atoms with Crippen LogP contribution in [0.3, 0.4) is 0 Å². The molecule has 0 aliphatic carbocycles. The van der Waals surface area contributed by atoms with Gasteiger partial charge >= 0.3 is 0 Å². The van der Waals surface area contributed by atoms with E-state index in [2.05, 4.69) is 5.32 Å². The van der Waals surface area contributed by atoms with Crippen LogP contribution in [0.1, 0.15) is 20.8 Å². The topological polar surface area (TPSA) is 71.0 Å². The lowest BCUT2D eigenvalue weighted by molar-refractivity contribution is -0.0329. The number of hydrogen-bond acceptors (Lipinski definition) is 5. The van der Waals surface area contributed by atoms with Crippen molar-refractivity contribution in [1.29, 1.82) is 0 Å². The normalized spacial score (nSPS) is 16.1. The molecule has 0 fully saturated rings. The zero-order chi connectivity index (χ0) is 12.6. The van der Waals surface area contributed by atoms with Crippen LogP contribution in [0, 0.1) is 0 Å². The Labute approximate surface area is 97.8 Å². The van der Waals surface area contributed by atoms with Gasteiger partial charge in [-0.05, 0) is 20.8 Å². The fourth-order valence-electron chi connectivity index (χ4n) is 1.07. The highest BCUT2D eigenvalue weighted by molar-refractivity contribution is 4.77. The number of aliphatic hydroxyl groups is 2. The zero-order valence-electron chi connectivity index (χ0n) is 10.7. The lowest BCUT2D eigenvalue weighted by atomic mass is 10.1. The Morgan fingerprint density at radius 1 is 1.31 bits per heavy atom. The summed E-state index contributed by atoms with van der Waals surface area (Å²) in [5, 5.41) is 21.7. The van der Waals surface area contributed by atoms with Crippen LogP contribution in [-0.4, -0.2) is 61.4 Å². The molecule has 0 bridgehead atoms. The monoisotopic (exact) mass is 235 g/mol. The molecule has 0 saturated heterocycles. The molecule has 2 unspecified atom stereocenters. The Balaban J connectivity index is 3.62. The first-order valence-electron chi connectivity index (χ1n) is 5.55. The Hall–Kier alpha value is -0.200. The third-order valence-electron chi connectivity index (χ3n) is 2.19. The van der Waals surface area contributed by atoms with Gasteiger partial charge in [0, 0.05) is 19.2 Å². The minimum Gasteiger partial charge on any atom is -0.394 e. The largest absolute Gasteiger partial charge is 0.394 e. The molecule has 2 atom stereocenters. The molecule has 0 heterocycles. The molecule has 0 aliphatic rings. The highest BCUT2D eigenvalue weighted by Crippen LogP contribution is 2.00. The zero-order valence-corrected chi connectivity index (χ0v) is 10.7. The van der Waals surface area contributed by atoms with Gasteiger partial charge in [-0.2, -0.15) is 0 Å². The van der Waals surface area contributed by atoms with E-state index in [1.165, 1.54) is 0 Å². The quantitative estimate of drug-likeness (QED) is 0.514. The van der Waals surface area contributed by atoms with Crippen LogP contribution in [0.15, 0.2) is 0 Å². The average molecular weight is 235 g/mol. The van der Waals surface area contributed by atoms with Gasteiger partial charge in [-0.3, -0.25) is 0 Å². The molecule has 16 heavy (non-hydrogen) atoms. The summed E-state index contributed by atoms with van der Waals surface area (Å²) < 4.78 is 10.3. The van der Waals surface area contributed by atoms with Gasteiger partial charge in [0.15, 0.2) is 0 Å². The maximum Gasteiger partial charge on any atom is 0.0898 e. The molecular weight excluding hydrogens is 210 g/mol. The fraction of sp³-hybridized carbons (Fsp3) is 1.00. The van der Waals surface area contributed by atoms with Gasteiger partial charge in [0.2, 0.25) is 0 Å². The van der Waals surface area contributed by atoms with Crippen LogP contribution in [0.4, 0.5) is 0 Å². The average Bonchev–Trinajstić information content (AvgIpc) is 2.24. The number of rotatable bonds is 9. The fourth-order valence-corrected chi connectivity index (χ4v) is 1.07. The van der Waals surface area contributed by atoms with Crippen molar-refractivity contribution in [3.05, 3.63) is 0 Å². The number of β-amino-alcohol motifs (C(OH)–C–C–N with tert-alkyl or cyclic N) is 1. The predicted octanol–water partition coefficient (Wildman–Crippen LogP) is -0.241. The summed E-state index contributed by atoms with van der Waals surface area (Å²) in [7, 11) is 1.61. The van der Waals surface area contributed by atoms with E-state index in [1.807, 2.05) is 20.8 Å². The van der Waals surface area contributed by atoms with E-state index in [1.54, 1.807) is 7.11 Å². The Kier molecular flexibility index (Phi) is 7.87. The molecule has 3 N–H and O–H groups in total. The second-order valence-corrected chi connectivity index (χ2v) is 4.68. The summed E-state index contributed by atoms with van der Waals surface area (Å²) >= 11 is 0. The van der Waals surface area contributed by atoms with Gasteiger partial charge in [-0.1, -0.05) is 0 Å². The molecule has 0 radical (unpaired) electrons. The Bertz CT molecular complexity index is 175. The maximum absolute atomic E-state index is 9.62. The first-order chi connectivity index (χ1) is 7.41. The van der Waals surface area contributed by atoms with Crippen LogP contribution < -0.4 is 5.32 Å². The van der Waals surface area contributed by atoms with Crippen molar-refractivity contribution in [1.82, 2.24) is 5.32 Å². The van der Waals surface area contributed by atoms with E-state index in [0.29, 0.717) is 13.2 Å². The van der Waals surface area contributed by atoms with Crippen LogP contribution in [-0.2, 0) is 9.47 Å². The predicted molar refractivity (Wildman–Crippen MR) is 62.5 cm³/mol. The first kappa shape index (κ1) is 15.8. The molecule has 0 spiro atoms. The lowest BCUT2D eigenvalue weighted by Crippen LogP contribution is -2.47. The van der Waals surface area contributed by atoms with E-state index < -0.39 is 6.10 Å². The number of hydrogen-bond donors (Lipinski definition) is 3. The van der Waals surface area contributed by atoms with Crippen molar-refractivity contribution in [3.8, 4) is 0 Å². The lowest BCUT2D eigenvalue weighted by Gasteiger charge is -2.25. The van der Waals surface area contributed by atoms with Gasteiger partial charge in [-0.15, -0.1) is 0 Å². The van der Waals surface area contributed by atoms with E-state index >= 15 is 0 Å². The molecule has 0 amide bonds.